The van der Waals surface area contributed by atoms with Crippen molar-refractivity contribution in [2.75, 3.05) is 6.54 Å². The van der Waals surface area contributed by atoms with Crippen LogP contribution in [0.15, 0.2) is 64.1 Å². The molecule has 0 spiro atoms. The lowest BCUT2D eigenvalue weighted by atomic mass is 10.1. The molecular weight excluding hydrogens is 369 g/mol. The second-order valence-corrected chi connectivity index (χ2v) is 7.70. The highest BCUT2D eigenvalue weighted by Gasteiger charge is 2.27. The minimum absolute atomic E-state index is 0.0470. The fourth-order valence-electron chi connectivity index (χ4n) is 2.73. The van der Waals surface area contributed by atoms with Gasteiger partial charge in [-0.1, -0.05) is 24.3 Å². The topological polar surface area (TPSA) is 92.8 Å². The molecule has 1 amide bonds. The normalized spacial score (nSPS) is 16.1. The first-order chi connectivity index (χ1) is 12.7. The quantitative estimate of drug-likeness (QED) is 0.798. The molecule has 0 fully saturated rings. The Morgan fingerprint density at radius 2 is 1.74 bits per heavy atom. The lowest BCUT2D eigenvalue weighted by molar-refractivity contribution is -0.122. The lowest BCUT2D eigenvalue weighted by Gasteiger charge is -2.15. The molecular formula is C19H18FN3O3S. The highest BCUT2D eigenvalue weighted by Crippen LogP contribution is 2.19. The van der Waals surface area contributed by atoms with Crippen LogP contribution in [-0.2, 0) is 21.2 Å². The first kappa shape index (κ1) is 18.9. The molecule has 2 aromatic rings. The molecule has 0 aliphatic carbocycles. The van der Waals surface area contributed by atoms with Crippen molar-refractivity contribution in [1.82, 2.24) is 4.90 Å². The number of hydrogen-bond donors (Lipinski definition) is 1. The van der Waals surface area contributed by atoms with E-state index in [1.165, 1.54) is 24.3 Å². The van der Waals surface area contributed by atoms with Gasteiger partial charge in [0.25, 0.3) is 5.91 Å². The van der Waals surface area contributed by atoms with Crippen LogP contribution in [0.3, 0.4) is 0 Å². The Morgan fingerprint density at radius 3 is 2.33 bits per heavy atom. The van der Waals surface area contributed by atoms with Crippen LogP contribution >= 0.6 is 0 Å². The number of sulfonamides is 1. The van der Waals surface area contributed by atoms with Crippen LogP contribution in [0.25, 0.3) is 6.08 Å². The number of carbonyl (C=O) groups is 1. The fraction of sp³-hybridized carbons (Fsp3) is 0.158. The first-order valence-corrected chi connectivity index (χ1v) is 9.75. The number of benzene rings is 2. The van der Waals surface area contributed by atoms with Gasteiger partial charge in [0.15, 0.2) is 0 Å². The molecule has 0 saturated carbocycles. The average Bonchev–Trinajstić information content (AvgIpc) is 2.88. The number of nitrogens with two attached hydrogens (primary N) is 1. The van der Waals surface area contributed by atoms with Gasteiger partial charge in [0.05, 0.1) is 4.90 Å². The van der Waals surface area contributed by atoms with Crippen molar-refractivity contribution in [1.29, 1.82) is 0 Å². The number of nitrogens with zero attached hydrogens (tertiary/aromatic N) is 2. The molecule has 0 radical (unpaired) electrons. The number of amidine groups is 1. The van der Waals surface area contributed by atoms with Crippen LogP contribution in [0, 0.1) is 5.82 Å². The zero-order valence-corrected chi connectivity index (χ0v) is 15.4. The summed E-state index contributed by atoms with van der Waals surface area (Å²) in [6.45, 7) is 2.15. The minimum atomic E-state index is -3.72. The van der Waals surface area contributed by atoms with Crippen molar-refractivity contribution in [3.05, 3.63) is 71.2 Å². The number of aliphatic imine (C=N–C) groups is 1. The zero-order chi connectivity index (χ0) is 19.6. The highest BCUT2D eigenvalue weighted by molar-refractivity contribution is 7.89. The first-order valence-electron chi connectivity index (χ1n) is 8.20. The van der Waals surface area contributed by atoms with Crippen molar-refractivity contribution >= 4 is 27.8 Å². The van der Waals surface area contributed by atoms with Crippen molar-refractivity contribution < 1.29 is 17.6 Å². The van der Waals surface area contributed by atoms with Crippen LogP contribution in [0.4, 0.5) is 4.39 Å². The van der Waals surface area contributed by atoms with E-state index in [0.29, 0.717) is 30.1 Å². The molecule has 1 aliphatic rings. The van der Waals surface area contributed by atoms with Gasteiger partial charge in [0.2, 0.25) is 10.0 Å². The molecule has 27 heavy (non-hydrogen) atoms. The Balaban J connectivity index is 1.69. The van der Waals surface area contributed by atoms with Gasteiger partial charge in [0.1, 0.15) is 17.3 Å². The SMILES string of the molecule is CC1=N/C(=C\c2ccc(F)cc2)C(=O)N1CCc1ccc(S(N)(=O)=O)cc1. The van der Waals surface area contributed by atoms with E-state index in [-0.39, 0.29) is 16.6 Å². The van der Waals surface area contributed by atoms with Crippen molar-refractivity contribution in [3.63, 3.8) is 0 Å². The molecule has 8 heteroatoms. The van der Waals surface area contributed by atoms with Gasteiger partial charge in [-0.3, -0.25) is 9.69 Å². The number of rotatable bonds is 5. The molecule has 3 rings (SSSR count). The Bertz CT molecular complexity index is 1030. The molecule has 0 bridgehead atoms. The van der Waals surface area contributed by atoms with E-state index in [4.69, 9.17) is 5.14 Å². The van der Waals surface area contributed by atoms with E-state index in [9.17, 15) is 17.6 Å². The predicted molar refractivity (Wildman–Crippen MR) is 101 cm³/mol. The van der Waals surface area contributed by atoms with E-state index in [1.54, 1.807) is 42.2 Å². The number of amides is 1. The summed E-state index contributed by atoms with van der Waals surface area (Å²) >= 11 is 0. The third kappa shape index (κ3) is 4.47. The maximum atomic E-state index is 13.0. The van der Waals surface area contributed by atoms with Crippen molar-refractivity contribution in [2.45, 2.75) is 18.2 Å². The summed E-state index contributed by atoms with van der Waals surface area (Å²) in [6, 6.07) is 12.0. The Kier molecular flexibility index (Phi) is 5.20. The Labute approximate surface area is 156 Å². The molecule has 0 saturated heterocycles. The van der Waals surface area contributed by atoms with Crippen molar-refractivity contribution in [3.8, 4) is 0 Å². The standard InChI is InChI=1S/C19H18FN3O3S/c1-13-22-18(12-15-2-6-16(20)7-3-15)19(24)23(13)11-10-14-4-8-17(9-5-14)27(21,25)26/h2-9,12H,10-11H2,1H3,(H2,21,25,26)/b18-12-. The van der Waals surface area contributed by atoms with Crippen LogP contribution in [-0.4, -0.2) is 31.6 Å². The van der Waals surface area contributed by atoms with E-state index in [0.717, 1.165) is 5.56 Å². The monoisotopic (exact) mass is 387 g/mol. The van der Waals surface area contributed by atoms with Crippen molar-refractivity contribution in [2.24, 2.45) is 10.1 Å². The summed E-state index contributed by atoms with van der Waals surface area (Å²) < 4.78 is 35.6. The molecule has 0 unspecified atom stereocenters. The summed E-state index contributed by atoms with van der Waals surface area (Å²) in [5.41, 5.74) is 1.86. The Hall–Kier alpha value is -2.84. The van der Waals surface area contributed by atoms with Crippen LogP contribution in [0.5, 0.6) is 0 Å². The molecule has 2 aromatic carbocycles. The second-order valence-electron chi connectivity index (χ2n) is 6.14. The van der Waals surface area contributed by atoms with Crippen LogP contribution < -0.4 is 5.14 Å². The molecule has 6 nitrogen and oxygen atoms in total. The number of primary sulfonamides is 1. The molecule has 2 N–H and O–H groups in total. The largest absolute Gasteiger partial charge is 0.295 e. The molecule has 0 aromatic heterocycles. The van der Waals surface area contributed by atoms with E-state index < -0.39 is 10.0 Å². The lowest BCUT2D eigenvalue weighted by Crippen LogP contribution is -2.32. The van der Waals surface area contributed by atoms with E-state index in [2.05, 4.69) is 4.99 Å². The molecule has 1 aliphatic heterocycles. The summed E-state index contributed by atoms with van der Waals surface area (Å²) in [6.07, 6.45) is 2.15. The third-order valence-corrected chi connectivity index (χ3v) is 5.12. The predicted octanol–water partition coefficient (Wildman–Crippen LogP) is 2.32. The number of hydrogen-bond acceptors (Lipinski definition) is 4. The second kappa shape index (κ2) is 7.42. The molecule has 0 atom stereocenters. The summed E-state index contributed by atoms with van der Waals surface area (Å²) in [4.78, 5) is 18.5. The van der Waals surface area contributed by atoms with Gasteiger partial charge in [0, 0.05) is 6.54 Å². The van der Waals surface area contributed by atoms with Gasteiger partial charge in [-0.2, -0.15) is 0 Å². The Morgan fingerprint density at radius 1 is 1.11 bits per heavy atom. The molecule has 140 valence electrons. The summed E-state index contributed by atoms with van der Waals surface area (Å²) in [5, 5.41) is 5.08. The van der Waals surface area contributed by atoms with Gasteiger partial charge in [-0.15, -0.1) is 0 Å². The molecule has 1 heterocycles. The van der Waals surface area contributed by atoms with Gasteiger partial charge < -0.3 is 0 Å². The average molecular weight is 387 g/mol. The highest BCUT2D eigenvalue weighted by atomic mass is 32.2. The minimum Gasteiger partial charge on any atom is -0.295 e. The van der Waals surface area contributed by atoms with Crippen LogP contribution in [0.1, 0.15) is 18.1 Å². The van der Waals surface area contributed by atoms with Gasteiger partial charge >= 0.3 is 0 Å². The third-order valence-electron chi connectivity index (χ3n) is 4.19. The van der Waals surface area contributed by atoms with E-state index in [1.807, 2.05) is 0 Å². The van der Waals surface area contributed by atoms with Gasteiger partial charge in [-0.05, 0) is 54.8 Å². The smallest absolute Gasteiger partial charge is 0.277 e. The van der Waals surface area contributed by atoms with E-state index >= 15 is 0 Å². The van der Waals surface area contributed by atoms with Gasteiger partial charge in [-0.25, -0.2) is 22.9 Å². The fourth-order valence-corrected chi connectivity index (χ4v) is 3.24. The summed E-state index contributed by atoms with van der Waals surface area (Å²) in [5.74, 6) is 0.0113. The zero-order valence-electron chi connectivity index (χ0n) is 14.6. The number of halogens is 1. The summed E-state index contributed by atoms with van der Waals surface area (Å²) in [7, 11) is -3.72. The van der Waals surface area contributed by atoms with Crippen LogP contribution in [0.2, 0.25) is 0 Å². The maximum absolute atomic E-state index is 13.0. The number of carbonyl (C=O) groups excluding carboxylic acids is 1. The maximum Gasteiger partial charge on any atom is 0.277 e.